The van der Waals surface area contributed by atoms with Gasteiger partial charge in [-0.25, -0.2) is 0 Å². The molecule has 0 saturated carbocycles. The van der Waals surface area contributed by atoms with Crippen LogP contribution < -0.4 is 5.32 Å². The topological polar surface area (TPSA) is 12.0 Å². The fourth-order valence-electron chi connectivity index (χ4n) is 0.823. The van der Waals surface area contributed by atoms with E-state index in [0.717, 1.165) is 17.3 Å². The molecule has 0 aliphatic heterocycles. The molecule has 0 heterocycles. The number of rotatable bonds is 2. The van der Waals surface area contributed by atoms with Crippen LogP contribution in [0.4, 0.5) is 5.69 Å². The van der Waals surface area contributed by atoms with Crippen LogP contribution in [-0.4, -0.2) is 6.54 Å². The van der Waals surface area contributed by atoms with Gasteiger partial charge in [0, 0.05) is 10.1 Å². The van der Waals surface area contributed by atoms with Gasteiger partial charge in [0.2, 0.25) is 0 Å². The van der Waals surface area contributed by atoms with E-state index in [2.05, 4.69) is 34.8 Å². The number of benzene rings is 1. The number of halogens is 2. The monoisotopic (exact) mass is 281 g/mol. The van der Waals surface area contributed by atoms with E-state index in [0.29, 0.717) is 0 Å². The molecule has 1 aromatic carbocycles. The summed E-state index contributed by atoms with van der Waals surface area (Å²) in [6.07, 6.45) is 0. The first-order valence-electron chi connectivity index (χ1n) is 3.43. The molecule has 0 fully saturated rings. The zero-order valence-electron chi connectivity index (χ0n) is 6.20. The van der Waals surface area contributed by atoms with E-state index in [1.165, 1.54) is 3.57 Å². The molecule has 3 heteroatoms. The highest BCUT2D eigenvalue weighted by atomic mass is 127. The van der Waals surface area contributed by atoms with Gasteiger partial charge in [-0.3, -0.25) is 0 Å². The lowest BCUT2D eigenvalue weighted by Gasteiger charge is -2.05. The SMILES string of the molecule is CCNc1cc(I)ccc1Cl. The van der Waals surface area contributed by atoms with Gasteiger partial charge < -0.3 is 5.32 Å². The van der Waals surface area contributed by atoms with Crippen molar-refractivity contribution in [2.75, 3.05) is 11.9 Å². The van der Waals surface area contributed by atoms with Crippen LogP contribution in [0.1, 0.15) is 6.92 Å². The molecule has 1 N–H and O–H groups in total. The Kier molecular flexibility index (Phi) is 3.45. The van der Waals surface area contributed by atoms with Gasteiger partial charge in [0.25, 0.3) is 0 Å². The minimum atomic E-state index is 0.785. The lowest BCUT2D eigenvalue weighted by Crippen LogP contribution is -1.96. The molecule has 0 saturated heterocycles. The predicted molar refractivity (Wildman–Crippen MR) is 58.3 cm³/mol. The molecule has 0 amide bonds. The second-order valence-electron chi connectivity index (χ2n) is 2.15. The first-order chi connectivity index (χ1) is 5.24. The van der Waals surface area contributed by atoms with E-state index in [4.69, 9.17) is 11.6 Å². The van der Waals surface area contributed by atoms with E-state index in [1.807, 2.05) is 18.2 Å². The molecule has 1 nitrogen and oxygen atoms in total. The van der Waals surface area contributed by atoms with Crippen LogP contribution in [0.3, 0.4) is 0 Å². The largest absolute Gasteiger partial charge is 0.384 e. The number of nitrogens with one attached hydrogen (secondary N) is 1. The molecular formula is C8H9ClIN. The molecule has 0 atom stereocenters. The van der Waals surface area contributed by atoms with Gasteiger partial charge in [-0.1, -0.05) is 11.6 Å². The average molecular weight is 282 g/mol. The maximum atomic E-state index is 5.91. The van der Waals surface area contributed by atoms with E-state index in [1.54, 1.807) is 0 Å². The van der Waals surface area contributed by atoms with E-state index >= 15 is 0 Å². The molecule has 0 unspecified atom stereocenters. The summed E-state index contributed by atoms with van der Waals surface area (Å²) in [6, 6.07) is 5.93. The van der Waals surface area contributed by atoms with Crippen LogP contribution in [0.5, 0.6) is 0 Å². The average Bonchev–Trinajstić information content (AvgIpc) is 1.98. The van der Waals surface area contributed by atoms with Crippen LogP contribution >= 0.6 is 34.2 Å². The standard InChI is InChI=1S/C8H9ClIN/c1-2-11-8-5-6(10)3-4-7(8)9/h3-5,11H,2H2,1H3. The summed E-state index contributed by atoms with van der Waals surface area (Å²) in [6.45, 7) is 2.95. The summed E-state index contributed by atoms with van der Waals surface area (Å²) >= 11 is 8.17. The minimum absolute atomic E-state index is 0.785. The van der Waals surface area contributed by atoms with Gasteiger partial charge in [0.1, 0.15) is 0 Å². The molecule has 60 valence electrons. The van der Waals surface area contributed by atoms with Gasteiger partial charge in [0.15, 0.2) is 0 Å². The zero-order chi connectivity index (χ0) is 8.27. The Morgan fingerprint density at radius 2 is 2.27 bits per heavy atom. The van der Waals surface area contributed by atoms with Crippen molar-refractivity contribution in [1.29, 1.82) is 0 Å². The summed E-state index contributed by atoms with van der Waals surface area (Å²) in [7, 11) is 0. The van der Waals surface area contributed by atoms with Crippen molar-refractivity contribution in [1.82, 2.24) is 0 Å². The zero-order valence-corrected chi connectivity index (χ0v) is 9.11. The van der Waals surface area contributed by atoms with Gasteiger partial charge in [-0.05, 0) is 47.7 Å². The molecule has 0 radical (unpaired) electrons. The quantitative estimate of drug-likeness (QED) is 0.820. The fraction of sp³-hybridized carbons (Fsp3) is 0.250. The van der Waals surface area contributed by atoms with Crippen molar-refractivity contribution < 1.29 is 0 Å². The highest BCUT2D eigenvalue weighted by Crippen LogP contribution is 2.23. The van der Waals surface area contributed by atoms with Crippen molar-refractivity contribution in [3.05, 3.63) is 26.8 Å². The maximum absolute atomic E-state index is 5.91. The molecule has 0 aliphatic rings. The molecule has 11 heavy (non-hydrogen) atoms. The smallest absolute Gasteiger partial charge is 0.0638 e. The highest BCUT2D eigenvalue weighted by Gasteiger charge is 1.97. The molecular weight excluding hydrogens is 272 g/mol. The predicted octanol–water partition coefficient (Wildman–Crippen LogP) is 3.38. The number of hydrogen-bond acceptors (Lipinski definition) is 1. The van der Waals surface area contributed by atoms with Crippen LogP contribution in [-0.2, 0) is 0 Å². The fourth-order valence-corrected chi connectivity index (χ4v) is 1.50. The molecule has 0 bridgehead atoms. The van der Waals surface area contributed by atoms with Crippen molar-refractivity contribution in [3.8, 4) is 0 Å². The third-order valence-electron chi connectivity index (χ3n) is 1.30. The molecule has 1 aromatic rings. The summed E-state index contributed by atoms with van der Waals surface area (Å²) < 4.78 is 1.20. The summed E-state index contributed by atoms with van der Waals surface area (Å²) in [5.74, 6) is 0. The Hall–Kier alpha value is 0.0400. The first-order valence-corrected chi connectivity index (χ1v) is 4.88. The van der Waals surface area contributed by atoms with Gasteiger partial charge in [0.05, 0.1) is 10.7 Å². The lowest BCUT2D eigenvalue weighted by atomic mass is 10.3. The van der Waals surface area contributed by atoms with E-state index < -0.39 is 0 Å². The summed E-state index contributed by atoms with van der Waals surface area (Å²) in [5, 5.41) is 3.96. The third-order valence-corrected chi connectivity index (χ3v) is 2.30. The Bertz CT molecular complexity index is 250. The van der Waals surface area contributed by atoms with Crippen LogP contribution in [0, 0.1) is 3.57 Å². The second kappa shape index (κ2) is 4.16. The maximum Gasteiger partial charge on any atom is 0.0638 e. The second-order valence-corrected chi connectivity index (χ2v) is 3.81. The van der Waals surface area contributed by atoms with Crippen molar-refractivity contribution in [3.63, 3.8) is 0 Å². The molecule has 1 rings (SSSR count). The van der Waals surface area contributed by atoms with Crippen LogP contribution in [0.15, 0.2) is 18.2 Å². The van der Waals surface area contributed by atoms with Crippen LogP contribution in [0.2, 0.25) is 5.02 Å². The van der Waals surface area contributed by atoms with Gasteiger partial charge in [-0.15, -0.1) is 0 Å². The van der Waals surface area contributed by atoms with Gasteiger partial charge >= 0.3 is 0 Å². The van der Waals surface area contributed by atoms with Gasteiger partial charge in [-0.2, -0.15) is 0 Å². The normalized spacial score (nSPS) is 9.73. The minimum Gasteiger partial charge on any atom is -0.384 e. The summed E-state index contributed by atoms with van der Waals surface area (Å²) in [5.41, 5.74) is 1.01. The highest BCUT2D eigenvalue weighted by molar-refractivity contribution is 14.1. The molecule has 0 spiro atoms. The Morgan fingerprint density at radius 1 is 1.55 bits per heavy atom. The number of anilines is 1. The first kappa shape index (κ1) is 9.13. The molecule has 0 aromatic heterocycles. The Balaban J connectivity index is 2.93. The molecule has 0 aliphatic carbocycles. The number of hydrogen-bond donors (Lipinski definition) is 1. The third kappa shape index (κ3) is 2.52. The lowest BCUT2D eigenvalue weighted by molar-refractivity contribution is 1.21. The van der Waals surface area contributed by atoms with Crippen molar-refractivity contribution >= 4 is 39.9 Å². The van der Waals surface area contributed by atoms with Crippen LogP contribution in [0.25, 0.3) is 0 Å². The van der Waals surface area contributed by atoms with E-state index in [-0.39, 0.29) is 0 Å². The Morgan fingerprint density at radius 3 is 2.91 bits per heavy atom. The van der Waals surface area contributed by atoms with Crippen molar-refractivity contribution in [2.24, 2.45) is 0 Å². The van der Waals surface area contributed by atoms with E-state index in [9.17, 15) is 0 Å². The summed E-state index contributed by atoms with van der Waals surface area (Å²) in [4.78, 5) is 0. The Labute approximate surface area is 85.3 Å². The van der Waals surface area contributed by atoms with Crippen molar-refractivity contribution in [2.45, 2.75) is 6.92 Å².